The summed E-state index contributed by atoms with van der Waals surface area (Å²) in [5.74, 6) is 0.466. The van der Waals surface area contributed by atoms with Gasteiger partial charge in [0.2, 0.25) is 0 Å². The smallest absolute Gasteiger partial charge is 0.352 e. The number of aromatic nitrogens is 1. The number of rotatable bonds is 4. The molecule has 0 saturated carbocycles. The zero-order valence-electron chi connectivity index (χ0n) is 12.1. The van der Waals surface area contributed by atoms with Crippen LogP contribution >= 0.6 is 22.9 Å². The molecule has 124 valence electrons. The summed E-state index contributed by atoms with van der Waals surface area (Å²) in [6, 6.07) is 7.34. The summed E-state index contributed by atoms with van der Waals surface area (Å²) < 4.78 is 37.5. The second-order valence-corrected chi connectivity index (χ2v) is 5.91. The molecule has 0 fully saturated rings. The molecule has 0 saturated heterocycles. The minimum atomic E-state index is -4.42. The molecule has 0 bridgehead atoms. The van der Waals surface area contributed by atoms with Crippen LogP contribution in [0.1, 0.15) is 16.3 Å². The normalized spacial score (nSPS) is 12.3. The molecule has 0 amide bonds. The number of hydrogen-bond donors (Lipinski definition) is 2. The van der Waals surface area contributed by atoms with Gasteiger partial charge in [0.15, 0.2) is 11.7 Å². The molecule has 1 aromatic carbocycles. The van der Waals surface area contributed by atoms with Crippen molar-refractivity contribution in [1.29, 1.82) is 0 Å². The Morgan fingerprint density at radius 1 is 1.30 bits per heavy atom. The van der Waals surface area contributed by atoms with Crippen molar-refractivity contribution >= 4 is 28.9 Å². The van der Waals surface area contributed by atoms with Crippen LogP contribution in [0.15, 0.2) is 34.6 Å². The molecule has 0 atom stereocenters. The van der Waals surface area contributed by atoms with Crippen LogP contribution in [-0.4, -0.2) is 18.0 Å². The van der Waals surface area contributed by atoms with Crippen molar-refractivity contribution in [3.05, 3.63) is 50.9 Å². The maximum absolute atomic E-state index is 12.5. The topological polar surface area (TPSA) is 49.3 Å². The Balaban J connectivity index is 1.87. The predicted molar refractivity (Wildman–Crippen MR) is 85.6 cm³/mol. The number of nitrogens with zero attached hydrogens (tertiary/aromatic N) is 2. The molecule has 9 heteroatoms. The van der Waals surface area contributed by atoms with Gasteiger partial charge in [-0.25, -0.2) is 4.98 Å². The number of halogens is 4. The highest BCUT2D eigenvalue weighted by atomic mass is 35.5. The average Bonchev–Trinajstić information content (AvgIpc) is 2.96. The van der Waals surface area contributed by atoms with Crippen molar-refractivity contribution in [2.45, 2.75) is 19.3 Å². The van der Waals surface area contributed by atoms with Gasteiger partial charge >= 0.3 is 6.18 Å². The van der Waals surface area contributed by atoms with Crippen molar-refractivity contribution in [2.75, 3.05) is 7.05 Å². The summed E-state index contributed by atoms with van der Waals surface area (Å²) in [6.07, 6.45) is -4.42. The summed E-state index contributed by atoms with van der Waals surface area (Å²) in [7, 11) is 1.58. The Morgan fingerprint density at radius 3 is 2.65 bits per heavy atom. The van der Waals surface area contributed by atoms with Crippen LogP contribution in [-0.2, 0) is 19.3 Å². The number of nitrogens with one attached hydrogen (secondary N) is 2. The first-order valence-corrected chi connectivity index (χ1v) is 7.85. The van der Waals surface area contributed by atoms with E-state index in [2.05, 4.69) is 20.6 Å². The zero-order valence-corrected chi connectivity index (χ0v) is 13.7. The minimum absolute atomic E-state index is 0.163. The van der Waals surface area contributed by atoms with E-state index in [4.69, 9.17) is 11.6 Å². The van der Waals surface area contributed by atoms with Gasteiger partial charge in [0, 0.05) is 24.0 Å². The van der Waals surface area contributed by atoms with Crippen LogP contribution in [0.2, 0.25) is 5.02 Å². The third-order valence-electron chi connectivity index (χ3n) is 2.82. The van der Waals surface area contributed by atoms with Gasteiger partial charge in [0.1, 0.15) is 5.01 Å². The molecular weight excluding hydrogens is 349 g/mol. The first kappa shape index (κ1) is 17.6. The summed E-state index contributed by atoms with van der Waals surface area (Å²) in [6.45, 7) is 0.655. The fourth-order valence-electron chi connectivity index (χ4n) is 1.73. The fourth-order valence-corrected chi connectivity index (χ4v) is 2.69. The van der Waals surface area contributed by atoms with Crippen LogP contribution in [0.3, 0.4) is 0 Å². The summed E-state index contributed by atoms with van der Waals surface area (Å²) in [4.78, 5) is 7.56. The zero-order chi connectivity index (χ0) is 16.9. The molecule has 4 nitrogen and oxygen atoms in total. The Labute approximate surface area is 140 Å². The average molecular weight is 363 g/mol. The minimum Gasteiger partial charge on any atom is -0.352 e. The van der Waals surface area contributed by atoms with Gasteiger partial charge in [-0.15, -0.1) is 11.3 Å². The van der Waals surface area contributed by atoms with E-state index in [0.717, 1.165) is 22.3 Å². The summed E-state index contributed by atoms with van der Waals surface area (Å²) >= 11 is 6.85. The van der Waals surface area contributed by atoms with Gasteiger partial charge in [-0.3, -0.25) is 4.99 Å². The standard InChI is InChI=1S/C14H14ClF3N4S/c1-19-13(20-6-9-3-2-4-10(15)5-9)21-7-12-22-11(8-23-12)14(16,17)18/h2-5,8H,6-7H2,1H3,(H2,19,20,21). The molecule has 2 N–H and O–H groups in total. The second-order valence-electron chi connectivity index (χ2n) is 4.53. The van der Waals surface area contributed by atoms with Crippen LogP contribution in [0.25, 0.3) is 0 Å². The Bertz CT molecular complexity index is 685. The highest BCUT2D eigenvalue weighted by Crippen LogP contribution is 2.29. The van der Waals surface area contributed by atoms with Crippen molar-refractivity contribution in [3.8, 4) is 0 Å². The lowest BCUT2D eigenvalue weighted by atomic mass is 10.2. The van der Waals surface area contributed by atoms with E-state index in [-0.39, 0.29) is 6.54 Å². The molecule has 0 aliphatic heterocycles. The van der Waals surface area contributed by atoms with Gasteiger partial charge in [-0.1, -0.05) is 23.7 Å². The van der Waals surface area contributed by atoms with Crippen LogP contribution in [0.4, 0.5) is 13.2 Å². The number of guanidine groups is 1. The number of hydrogen-bond acceptors (Lipinski definition) is 3. The SMILES string of the molecule is CN=C(NCc1cccc(Cl)c1)NCc1nc(C(F)(F)F)cs1. The van der Waals surface area contributed by atoms with E-state index < -0.39 is 11.9 Å². The molecule has 0 aliphatic carbocycles. The fraction of sp³-hybridized carbons (Fsp3) is 0.286. The lowest BCUT2D eigenvalue weighted by Gasteiger charge is -2.11. The first-order chi connectivity index (χ1) is 10.9. The van der Waals surface area contributed by atoms with E-state index in [1.165, 1.54) is 0 Å². The molecule has 0 spiro atoms. The Kier molecular flexibility index (Phi) is 5.84. The van der Waals surface area contributed by atoms with Crippen LogP contribution in [0, 0.1) is 0 Å². The third-order valence-corrected chi connectivity index (χ3v) is 3.91. The largest absolute Gasteiger partial charge is 0.434 e. The predicted octanol–water partition coefficient (Wildman–Crippen LogP) is 3.68. The van der Waals surface area contributed by atoms with E-state index in [1.807, 2.05) is 18.2 Å². The molecule has 0 radical (unpaired) electrons. The van der Waals surface area contributed by atoms with Gasteiger partial charge in [0.25, 0.3) is 0 Å². The molecule has 2 rings (SSSR count). The van der Waals surface area contributed by atoms with Gasteiger partial charge in [0.05, 0.1) is 6.54 Å². The number of aliphatic imine (C=N–C) groups is 1. The number of thiazole rings is 1. The highest BCUT2D eigenvalue weighted by Gasteiger charge is 2.33. The maximum Gasteiger partial charge on any atom is 0.434 e. The highest BCUT2D eigenvalue weighted by molar-refractivity contribution is 7.09. The maximum atomic E-state index is 12.5. The number of alkyl halides is 3. The van der Waals surface area contributed by atoms with Gasteiger partial charge < -0.3 is 10.6 Å². The van der Waals surface area contributed by atoms with Crippen molar-refractivity contribution in [3.63, 3.8) is 0 Å². The quantitative estimate of drug-likeness (QED) is 0.644. The van der Waals surface area contributed by atoms with Crippen LogP contribution in [0.5, 0.6) is 0 Å². The molecule has 1 aromatic heterocycles. The second kappa shape index (κ2) is 7.65. The summed E-state index contributed by atoms with van der Waals surface area (Å²) in [5, 5.41) is 7.95. The summed E-state index contributed by atoms with van der Waals surface area (Å²) in [5.41, 5.74) is 0.0928. The van der Waals surface area contributed by atoms with E-state index in [1.54, 1.807) is 13.1 Å². The van der Waals surface area contributed by atoms with E-state index in [0.29, 0.717) is 22.5 Å². The van der Waals surface area contributed by atoms with Crippen molar-refractivity contribution < 1.29 is 13.2 Å². The Morgan fingerprint density at radius 2 is 2.04 bits per heavy atom. The molecular formula is C14H14ClF3N4S. The molecule has 1 heterocycles. The first-order valence-electron chi connectivity index (χ1n) is 6.59. The lowest BCUT2D eigenvalue weighted by Crippen LogP contribution is -2.36. The lowest BCUT2D eigenvalue weighted by molar-refractivity contribution is -0.140. The molecule has 2 aromatic rings. The van der Waals surface area contributed by atoms with Crippen molar-refractivity contribution in [2.24, 2.45) is 4.99 Å². The monoisotopic (exact) mass is 362 g/mol. The van der Waals surface area contributed by atoms with Gasteiger partial charge in [-0.05, 0) is 17.7 Å². The molecule has 0 unspecified atom stereocenters. The molecule has 0 aliphatic rings. The third kappa shape index (κ3) is 5.40. The van der Waals surface area contributed by atoms with Crippen LogP contribution < -0.4 is 10.6 Å². The van der Waals surface area contributed by atoms with E-state index in [9.17, 15) is 13.2 Å². The van der Waals surface area contributed by atoms with Gasteiger partial charge in [-0.2, -0.15) is 13.2 Å². The van der Waals surface area contributed by atoms with Crippen molar-refractivity contribution in [1.82, 2.24) is 15.6 Å². The number of benzene rings is 1. The molecule has 23 heavy (non-hydrogen) atoms. The Hall–Kier alpha value is -1.80. The van der Waals surface area contributed by atoms with E-state index >= 15 is 0 Å².